The summed E-state index contributed by atoms with van der Waals surface area (Å²) in [4.78, 5) is 12.6. The van der Waals surface area contributed by atoms with E-state index in [4.69, 9.17) is 11.6 Å². The van der Waals surface area contributed by atoms with Crippen molar-refractivity contribution in [1.29, 1.82) is 0 Å². The number of nitrogens with zero attached hydrogens (tertiary/aromatic N) is 2. The van der Waals surface area contributed by atoms with Gasteiger partial charge in [0.1, 0.15) is 5.69 Å². The van der Waals surface area contributed by atoms with Crippen molar-refractivity contribution in [3.8, 4) is 11.5 Å². The zero-order valence-corrected chi connectivity index (χ0v) is 14.4. The Labute approximate surface area is 152 Å². The lowest BCUT2D eigenvalue weighted by atomic mass is 10.3. The van der Waals surface area contributed by atoms with Crippen LogP contribution in [0.1, 0.15) is 0 Å². The minimum absolute atomic E-state index is 0.210. The molecule has 124 valence electrons. The van der Waals surface area contributed by atoms with E-state index < -0.39 is 5.82 Å². The maximum absolute atomic E-state index is 13.9. The third-order valence-corrected chi connectivity index (χ3v) is 4.73. The van der Waals surface area contributed by atoms with Crippen LogP contribution in [0.15, 0.2) is 65.7 Å². The van der Waals surface area contributed by atoms with Crippen molar-refractivity contribution < 1.29 is 4.39 Å². The van der Waals surface area contributed by atoms with E-state index in [0.717, 1.165) is 21.6 Å². The van der Waals surface area contributed by atoms with Crippen molar-refractivity contribution in [1.82, 2.24) is 15.0 Å². The van der Waals surface area contributed by atoms with Crippen LogP contribution in [0, 0.1) is 5.82 Å². The molecule has 0 unspecified atom stereocenters. The average molecular weight is 371 g/mol. The minimum Gasteiger partial charge on any atom is -0.337 e. The summed E-state index contributed by atoms with van der Waals surface area (Å²) >= 11 is 7.58. The van der Waals surface area contributed by atoms with Gasteiger partial charge in [0, 0.05) is 11.1 Å². The number of H-pyrrole nitrogens is 1. The summed E-state index contributed by atoms with van der Waals surface area (Å²) in [5.74, 6) is 0.00542. The van der Waals surface area contributed by atoms with Crippen molar-refractivity contribution in [2.24, 2.45) is 0 Å². The van der Waals surface area contributed by atoms with E-state index in [9.17, 15) is 4.39 Å². The van der Waals surface area contributed by atoms with Crippen LogP contribution in [0.4, 0.5) is 10.1 Å². The quantitative estimate of drug-likeness (QED) is 0.463. The molecule has 2 N–H and O–H groups in total. The van der Waals surface area contributed by atoms with Gasteiger partial charge in [-0.05, 0) is 54.4 Å². The number of fused-ring (bicyclic) bond motifs is 1. The van der Waals surface area contributed by atoms with Gasteiger partial charge in [-0.2, -0.15) is 0 Å². The van der Waals surface area contributed by atoms with E-state index in [-0.39, 0.29) is 5.69 Å². The lowest BCUT2D eigenvalue weighted by molar-refractivity contribution is 0.624. The van der Waals surface area contributed by atoms with Gasteiger partial charge in [-0.15, -0.1) is 0 Å². The molecule has 2 aromatic carbocycles. The second kappa shape index (κ2) is 6.74. The zero-order chi connectivity index (χ0) is 17.2. The van der Waals surface area contributed by atoms with Gasteiger partial charge in [0.25, 0.3) is 0 Å². The normalized spacial score (nSPS) is 11.0. The fourth-order valence-electron chi connectivity index (χ4n) is 2.38. The Morgan fingerprint density at radius 2 is 1.96 bits per heavy atom. The summed E-state index contributed by atoms with van der Waals surface area (Å²) in [6.07, 6.45) is 1.54. The average Bonchev–Trinajstić information content (AvgIpc) is 3.04. The maximum atomic E-state index is 13.9. The second-order valence-corrected chi connectivity index (χ2v) is 6.57. The number of para-hydroxylation sites is 1. The number of benzene rings is 2. The number of imidazole rings is 1. The number of pyridine rings is 1. The molecule has 0 saturated heterocycles. The van der Waals surface area contributed by atoms with Crippen molar-refractivity contribution in [2.45, 2.75) is 4.90 Å². The molecule has 0 aliphatic heterocycles. The second-order valence-electron chi connectivity index (χ2n) is 5.28. The Kier molecular flexibility index (Phi) is 4.29. The Bertz CT molecular complexity index is 1050. The van der Waals surface area contributed by atoms with Crippen molar-refractivity contribution in [3.63, 3.8) is 0 Å². The standard InChI is InChI=1S/C18H12ClFN4S/c19-12-4-1-2-6-14(12)24-25-11-7-8-15-16(10-11)23-18(22-15)17-13(20)5-3-9-21-17/h1-10,24H,(H,22,23). The Hall–Kier alpha value is -2.57. The number of nitrogens with one attached hydrogen (secondary N) is 2. The minimum atomic E-state index is -0.406. The van der Waals surface area contributed by atoms with Gasteiger partial charge >= 0.3 is 0 Å². The van der Waals surface area contributed by atoms with Crippen LogP contribution in [-0.4, -0.2) is 15.0 Å². The predicted molar refractivity (Wildman–Crippen MR) is 100 cm³/mol. The van der Waals surface area contributed by atoms with Crippen molar-refractivity contribution >= 4 is 40.3 Å². The first kappa shape index (κ1) is 15.9. The van der Waals surface area contributed by atoms with Crippen LogP contribution in [0.2, 0.25) is 5.02 Å². The highest BCUT2D eigenvalue weighted by molar-refractivity contribution is 8.00. The molecule has 0 saturated carbocycles. The molecule has 0 aliphatic rings. The first-order valence-electron chi connectivity index (χ1n) is 7.49. The summed E-state index contributed by atoms with van der Waals surface area (Å²) in [6, 6.07) is 16.2. The summed E-state index contributed by atoms with van der Waals surface area (Å²) in [6.45, 7) is 0. The van der Waals surface area contributed by atoms with E-state index in [1.54, 1.807) is 12.3 Å². The molecule has 0 amide bonds. The summed E-state index contributed by atoms with van der Waals surface area (Å²) in [5.41, 5.74) is 2.62. The van der Waals surface area contributed by atoms with E-state index in [0.29, 0.717) is 10.8 Å². The third-order valence-electron chi connectivity index (χ3n) is 3.59. The van der Waals surface area contributed by atoms with Gasteiger partial charge in [-0.25, -0.2) is 14.4 Å². The Morgan fingerprint density at radius 1 is 1.08 bits per heavy atom. The van der Waals surface area contributed by atoms with Gasteiger partial charge in [0.05, 0.1) is 21.7 Å². The number of aromatic nitrogens is 3. The molecular formula is C18H12ClFN4S. The van der Waals surface area contributed by atoms with Gasteiger partial charge in [-0.1, -0.05) is 23.7 Å². The van der Waals surface area contributed by atoms with Gasteiger partial charge < -0.3 is 9.71 Å². The molecule has 0 spiro atoms. The summed E-state index contributed by atoms with van der Waals surface area (Å²) in [5, 5.41) is 0.658. The van der Waals surface area contributed by atoms with E-state index >= 15 is 0 Å². The Balaban J connectivity index is 1.60. The van der Waals surface area contributed by atoms with Crippen LogP contribution in [0.25, 0.3) is 22.6 Å². The molecule has 2 aromatic heterocycles. The number of rotatable bonds is 4. The van der Waals surface area contributed by atoms with Gasteiger partial charge in [-0.3, -0.25) is 0 Å². The van der Waals surface area contributed by atoms with Crippen LogP contribution < -0.4 is 4.72 Å². The molecule has 7 heteroatoms. The molecular weight excluding hydrogens is 359 g/mol. The molecule has 0 aliphatic carbocycles. The fourth-order valence-corrected chi connectivity index (χ4v) is 3.34. The van der Waals surface area contributed by atoms with Crippen LogP contribution in [-0.2, 0) is 0 Å². The molecule has 4 aromatic rings. The third kappa shape index (κ3) is 3.31. The van der Waals surface area contributed by atoms with E-state index in [1.165, 1.54) is 18.0 Å². The Morgan fingerprint density at radius 3 is 2.80 bits per heavy atom. The van der Waals surface area contributed by atoms with Crippen LogP contribution in [0.3, 0.4) is 0 Å². The first-order chi connectivity index (χ1) is 12.2. The maximum Gasteiger partial charge on any atom is 0.160 e. The molecule has 25 heavy (non-hydrogen) atoms. The topological polar surface area (TPSA) is 53.6 Å². The smallest absolute Gasteiger partial charge is 0.160 e. The summed E-state index contributed by atoms with van der Waals surface area (Å²) < 4.78 is 17.1. The highest BCUT2D eigenvalue weighted by atomic mass is 35.5. The molecule has 4 nitrogen and oxygen atoms in total. The number of halogens is 2. The van der Waals surface area contributed by atoms with Crippen molar-refractivity contribution in [2.75, 3.05) is 4.72 Å². The molecule has 0 bridgehead atoms. The van der Waals surface area contributed by atoms with Crippen molar-refractivity contribution in [3.05, 3.63) is 71.6 Å². The lowest BCUT2D eigenvalue weighted by Gasteiger charge is -2.06. The molecule has 0 fully saturated rings. The fraction of sp³-hybridized carbons (Fsp3) is 0. The van der Waals surface area contributed by atoms with Gasteiger partial charge in [0.2, 0.25) is 0 Å². The molecule has 2 heterocycles. The predicted octanol–water partition coefficient (Wildman–Crippen LogP) is 5.54. The van der Waals surface area contributed by atoms with E-state index in [1.807, 2.05) is 42.5 Å². The van der Waals surface area contributed by atoms with Crippen LogP contribution in [0.5, 0.6) is 0 Å². The van der Waals surface area contributed by atoms with Gasteiger partial charge in [0.15, 0.2) is 11.6 Å². The lowest BCUT2D eigenvalue weighted by Crippen LogP contribution is -1.89. The molecule has 4 rings (SSSR count). The first-order valence-corrected chi connectivity index (χ1v) is 8.68. The van der Waals surface area contributed by atoms with E-state index in [2.05, 4.69) is 19.7 Å². The van der Waals surface area contributed by atoms with Crippen LogP contribution >= 0.6 is 23.5 Å². The summed E-state index contributed by atoms with van der Waals surface area (Å²) in [7, 11) is 0. The molecule has 0 atom stereocenters. The monoisotopic (exact) mass is 370 g/mol. The largest absolute Gasteiger partial charge is 0.337 e. The number of aromatic amines is 1. The number of anilines is 1. The zero-order valence-electron chi connectivity index (χ0n) is 12.8. The highest BCUT2D eigenvalue weighted by Gasteiger charge is 2.11. The number of hydrogen-bond acceptors (Lipinski definition) is 4. The number of hydrogen-bond donors (Lipinski definition) is 2. The molecule has 0 radical (unpaired) electrons. The SMILES string of the molecule is Fc1cccnc1-c1nc2ccc(SNc3ccccc3Cl)cc2[nH]1. The highest BCUT2D eigenvalue weighted by Crippen LogP contribution is 2.29.